The van der Waals surface area contributed by atoms with E-state index in [4.69, 9.17) is 11.6 Å². The Morgan fingerprint density at radius 3 is 2.47 bits per heavy atom. The van der Waals surface area contributed by atoms with Crippen molar-refractivity contribution in [3.63, 3.8) is 0 Å². The lowest BCUT2D eigenvalue weighted by Gasteiger charge is -2.30. The van der Waals surface area contributed by atoms with Gasteiger partial charge in [0.2, 0.25) is 0 Å². The summed E-state index contributed by atoms with van der Waals surface area (Å²) in [6, 6.07) is 4.32. The van der Waals surface area contributed by atoms with Gasteiger partial charge in [-0.3, -0.25) is 0 Å². The van der Waals surface area contributed by atoms with Crippen molar-refractivity contribution >= 4 is 17.4 Å². The first-order valence-electron chi connectivity index (χ1n) is 7.46. The maximum atomic E-state index is 6.43. The molecule has 0 N–H and O–H groups in total. The first kappa shape index (κ1) is 14.6. The molecule has 1 saturated heterocycles. The highest BCUT2D eigenvalue weighted by molar-refractivity contribution is 6.30. The molecular formula is C16H25ClN2. The zero-order chi connectivity index (χ0) is 13.9. The number of hydrogen-bond donors (Lipinski definition) is 0. The normalized spacial score (nSPS) is 16.7. The van der Waals surface area contributed by atoms with Crippen LogP contribution >= 0.6 is 11.6 Å². The molecule has 0 aliphatic carbocycles. The first-order chi connectivity index (χ1) is 9.04. The van der Waals surface area contributed by atoms with Crippen LogP contribution in [0.3, 0.4) is 0 Å². The van der Waals surface area contributed by atoms with Gasteiger partial charge in [-0.2, -0.15) is 0 Å². The van der Waals surface area contributed by atoms with Crippen molar-refractivity contribution in [3.8, 4) is 0 Å². The van der Waals surface area contributed by atoms with Crippen LogP contribution in [0, 0.1) is 0 Å². The lowest BCUT2D eigenvalue weighted by molar-refractivity contribution is 0.471. The van der Waals surface area contributed by atoms with Gasteiger partial charge in [-0.25, -0.2) is 4.98 Å². The number of nitrogens with zero attached hydrogens (tertiary/aromatic N) is 2. The summed E-state index contributed by atoms with van der Waals surface area (Å²) in [5.41, 5.74) is 1.29. The summed E-state index contributed by atoms with van der Waals surface area (Å²) in [4.78, 5) is 6.99. The van der Waals surface area contributed by atoms with Crippen molar-refractivity contribution in [1.82, 2.24) is 4.98 Å². The summed E-state index contributed by atoms with van der Waals surface area (Å²) >= 11 is 6.43. The van der Waals surface area contributed by atoms with E-state index < -0.39 is 0 Å². The number of hydrogen-bond acceptors (Lipinski definition) is 2. The molecule has 0 saturated carbocycles. The Balaban J connectivity index is 2.21. The van der Waals surface area contributed by atoms with Gasteiger partial charge in [-0.1, -0.05) is 44.9 Å². The molecule has 2 nitrogen and oxygen atoms in total. The van der Waals surface area contributed by atoms with Gasteiger partial charge in [0.1, 0.15) is 11.0 Å². The molecule has 1 aromatic rings. The smallest absolute Gasteiger partial charge is 0.135 e. The van der Waals surface area contributed by atoms with E-state index in [0.717, 1.165) is 31.7 Å². The molecule has 2 rings (SSSR count). The first-order valence-corrected chi connectivity index (χ1v) is 7.84. The Labute approximate surface area is 122 Å². The zero-order valence-corrected chi connectivity index (χ0v) is 13.1. The van der Waals surface area contributed by atoms with Crippen molar-refractivity contribution in [2.45, 2.75) is 58.3 Å². The molecule has 0 spiro atoms. The van der Waals surface area contributed by atoms with E-state index in [0.29, 0.717) is 5.15 Å². The molecule has 0 bridgehead atoms. The molecule has 1 aliphatic rings. The predicted molar refractivity (Wildman–Crippen MR) is 83.2 cm³/mol. The van der Waals surface area contributed by atoms with Crippen LogP contribution in [-0.2, 0) is 5.41 Å². The van der Waals surface area contributed by atoms with Gasteiger partial charge in [0.05, 0.1) is 0 Å². The molecule has 3 heteroatoms. The molecule has 0 radical (unpaired) electrons. The van der Waals surface area contributed by atoms with Crippen molar-refractivity contribution in [2.24, 2.45) is 0 Å². The second-order valence-corrected chi connectivity index (χ2v) is 6.55. The molecule has 0 unspecified atom stereocenters. The van der Waals surface area contributed by atoms with Crippen LogP contribution in [0.15, 0.2) is 12.1 Å². The van der Waals surface area contributed by atoms with E-state index in [9.17, 15) is 0 Å². The summed E-state index contributed by atoms with van der Waals surface area (Å²) in [5.74, 6) is 1.04. The molecule has 19 heavy (non-hydrogen) atoms. The second-order valence-electron chi connectivity index (χ2n) is 6.19. The van der Waals surface area contributed by atoms with E-state index in [1.807, 2.05) is 0 Å². The number of halogens is 1. The van der Waals surface area contributed by atoms with Crippen LogP contribution < -0.4 is 4.90 Å². The highest BCUT2D eigenvalue weighted by Gasteiger charge is 2.24. The van der Waals surface area contributed by atoms with E-state index in [1.54, 1.807) is 0 Å². The quantitative estimate of drug-likeness (QED) is 0.736. The van der Waals surface area contributed by atoms with Crippen molar-refractivity contribution in [3.05, 3.63) is 22.8 Å². The minimum absolute atomic E-state index is 0.110. The van der Waals surface area contributed by atoms with Crippen LogP contribution in [0.5, 0.6) is 0 Å². The van der Waals surface area contributed by atoms with Gasteiger partial charge in [0.25, 0.3) is 0 Å². The molecule has 1 fully saturated rings. The Kier molecular flexibility index (Phi) is 4.72. The number of aromatic nitrogens is 1. The van der Waals surface area contributed by atoms with Crippen LogP contribution in [-0.4, -0.2) is 18.1 Å². The number of rotatable bonds is 4. The summed E-state index contributed by atoms with van der Waals surface area (Å²) in [6.07, 6.45) is 6.17. The van der Waals surface area contributed by atoms with Gasteiger partial charge in [-0.05, 0) is 42.7 Å². The topological polar surface area (TPSA) is 16.1 Å². The maximum Gasteiger partial charge on any atom is 0.135 e. The van der Waals surface area contributed by atoms with Gasteiger partial charge in [0.15, 0.2) is 0 Å². The standard InChI is InChI=1S/C16H25ClN2/c1-4-10-16(2,3)13-8-9-14(18-15(13)17)19-11-6-5-7-12-19/h8-9H,4-7,10-12H2,1-3H3. The second kappa shape index (κ2) is 6.13. The summed E-state index contributed by atoms with van der Waals surface area (Å²) in [6.45, 7) is 8.94. The highest BCUT2D eigenvalue weighted by atomic mass is 35.5. The molecule has 2 heterocycles. The van der Waals surface area contributed by atoms with Gasteiger partial charge < -0.3 is 4.90 Å². The Morgan fingerprint density at radius 1 is 1.21 bits per heavy atom. The summed E-state index contributed by atoms with van der Waals surface area (Å²) in [7, 11) is 0. The van der Waals surface area contributed by atoms with Gasteiger partial charge in [0, 0.05) is 13.1 Å². The Bertz CT molecular complexity index is 423. The fraction of sp³-hybridized carbons (Fsp3) is 0.688. The third kappa shape index (κ3) is 3.42. The van der Waals surface area contributed by atoms with Crippen molar-refractivity contribution in [1.29, 1.82) is 0 Å². The SMILES string of the molecule is CCCC(C)(C)c1ccc(N2CCCCC2)nc1Cl. The van der Waals surface area contributed by atoms with Crippen LogP contribution in [0.25, 0.3) is 0 Å². The molecule has 0 amide bonds. The maximum absolute atomic E-state index is 6.43. The zero-order valence-electron chi connectivity index (χ0n) is 12.4. The summed E-state index contributed by atoms with van der Waals surface area (Å²) < 4.78 is 0. The number of pyridine rings is 1. The Hall–Kier alpha value is -0.760. The van der Waals surface area contributed by atoms with Crippen molar-refractivity contribution < 1.29 is 0 Å². The third-order valence-electron chi connectivity index (χ3n) is 4.12. The largest absolute Gasteiger partial charge is 0.357 e. The van der Waals surface area contributed by atoms with Crippen molar-refractivity contribution in [2.75, 3.05) is 18.0 Å². The molecular weight excluding hydrogens is 256 g/mol. The number of piperidine rings is 1. The lowest BCUT2D eigenvalue weighted by Crippen LogP contribution is -2.30. The minimum Gasteiger partial charge on any atom is -0.357 e. The van der Waals surface area contributed by atoms with Crippen LogP contribution in [0.1, 0.15) is 58.4 Å². The van der Waals surface area contributed by atoms with Crippen LogP contribution in [0.4, 0.5) is 5.82 Å². The fourth-order valence-electron chi connectivity index (χ4n) is 2.99. The van der Waals surface area contributed by atoms with E-state index >= 15 is 0 Å². The van der Waals surface area contributed by atoms with Gasteiger partial charge >= 0.3 is 0 Å². The van der Waals surface area contributed by atoms with Gasteiger partial charge in [-0.15, -0.1) is 0 Å². The highest BCUT2D eigenvalue weighted by Crippen LogP contribution is 2.34. The van der Waals surface area contributed by atoms with Crippen LogP contribution in [0.2, 0.25) is 5.15 Å². The fourth-order valence-corrected chi connectivity index (χ4v) is 3.39. The average molecular weight is 281 g/mol. The monoisotopic (exact) mass is 280 g/mol. The number of anilines is 1. The van der Waals surface area contributed by atoms with E-state index in [2.05, 4.69) is 42.8 Å². The van der Waals surface area contributed by atoms with E-state index in [1.165, 1.54) is 24.8 Å². The summed E-state index contributed by atoms with van der Waals surface area (Å²) in [5, 5.41) is 0.682. The lowest BCUT2D eigenvalue weighted by atomic mass is 9.81. The molecule has 0 atom stereocenters. The van der Waals surface area contributed by atoms with E-state index in [-0.39, 0.29) is 5.41 Å². The molecule has 0 aromatic carbocycles. The average Bonchev–Trinajstić information content (AvgIpc) is 2.39. The Morgan fingerprint density at radius 2 is 1.89 bits per heavy atom. The molecule has 1 aliphatic heterocycles. The predicted octanol–water partition coefficient (Wildman–Crippen LogP) is 4.80. The molecule has 1 aromatic heterocycles. The molecule has 106 valence electrons. The minimum atomic E-state index is 0.110. The third-order valence-corrected chi connectivity index (χ3v) is 4.41.